The Hall–Kier alpha value is -4.41. The van der Waals surface area contributed by atoms with Crippen LogP contribution in [0.1, 0.15) is 72.8 Å². The fourth-order valence-corrected chi connectivity index (χ4v) is 4.72. The molecule has 1 saturated heterocycles. The molecule has 1 aromatic carbocycles. The number of carbonyl (C=O) groups excluding carboxylic acids is 7. The molecule has 0 saturated carbocycles. The third-order valence-corrected chi connectivity index (χ3v) is 7.66. The second-order valence-electron chi connectivity index (χ2n) is 13.5. The zero-order valence-electron chi connectivity index (χ0n) is 30.7. The van der Waals surface area contributed by atoms with E-state index in [1.165, 1.54) is 14.0 Å². The Labute approximate surface area is 299 Å². The van der Waals surface area contributed by atoms with E-state index in [-0.39, 0.29) is 50.4 Å². The number of hydrogen-bond acceptors (Lipinski definition) is 10. The van der Waals surface area contributed by atoms with Gasteiger partial charge >= 0.3 is 0 Å². The molecule has 1 heterocycles. The van der Waals surface area contributed by atoms with Crippen molar-refractivity contribution in [1.82, 2.24) is 26.2 Å². The molecule has 1 aromatic rings. The number of methoxy groups -OCH3 is 1. The Bertz CT molecular complexity index is 1350. The van der Waals surface area contributed by atoms with Crippen molar-refractivity contribution in [2.45, 2.75) is 97.6 Å². The van der Waals surface area contributed by atoms with E-state index in [1.54, 1.807) is 26.0 Å². The SMILES string of the molecule is COCCOCCNC(=O)[C@H](CCC(=O)N[C@H](C(=O)N[C@@H](C)C(=O)Nc1ccc(COC(C)(C)C)cc1)C(C)C)NC(=O)CN1C(=O)CCC1=O. The van der Waals surface area contributed by atoms with Crippen LogP contribution < -0.4 is 26.6 Å². The van der Waals surface area contributed by atoms with Crippen LogP contribution in [0.15, 0.2) is 24.3 Å². The predicted octanol–water partition coefficient (Wildman–Crippen LogP) is 0.779. The van der Waals surface area contributed by atoms with Gasteiger partial charge in [0, 0.05) is 38.6 Å². The minimum Gasteiger partial charge on any atom is -0.382 e. The van der Waals surface area contributed by atoms with E-state index >= 15 is 0 Å². The summed E-state index contributed by atoms with van der Waals surface area (Å²) in [5.41, 5.74) is 1.19. The van der Waals surface area contributed by atoms with Gasteiger partial charge < -0.3 is 40.8 Å². The van der Waals surface area contributed by atoms with E-state index in [0.717, 1.165) is 10.5 Å². The first-order valence-corrected chi connectivity index (χ1v) is 17.1. The summed E-state index contributed by atoms with van der Waals surface area (Å²) < 4.78 is 16.0. The summed E-state index contributed by atoms with van der Waals surface area (Å²) in [6, 6.07) is 4.02. The standard InChI is InChI=1S/C35H54N6O10/c1-22(2)31(34(48)37-23(3)32(46)38-25-10-8-24(9-11-25)21-51-35(4,5)6)40-27(42)13-12-26(33(47)36-16-17-50-19-18-49-7)39-28(43)20-41-29(44)14-15-30(41)45/h8-11,22-23,26,31H,12-21H2,1-7H3,(H,36,47)(H,37,48)(H,38,46)(H,39,43)(H,40,42)/t23-,26-,31-/m0/s1. The summed E-state index contributed by atoms with van der Waals surface area (Å²) in [5, 5.41) is 13.2. The van der Waals surface area contributed by atoms with Crippen LogP contribution in [0.3, 0.4) is 0 Å². The number of ether oxygens (including phenoxy) is 3. The van der Waals surface area contributed by atoms with Crippen LogP contribution in [0.2, 0.25) is 0 Å². The first-order valence-electron chi connectivity index (χ1n) is 17.1. The van der Waals surface area contributed by atoms with E-state index < -0.39 is 66.0 Å². The average Bonchev–Trinajstić information content (AvgIpc) is 3.37. The van der Waals surface area contributed by atoms with Crippen molar-refractivity contribution in [2.24, 2.45) is 5.92 Å². The zero-order chi connectivity index (χ0) is 38.1. The molecule has 7 amide bonds. The number of rotatable bonds is 21. The van der Waals surface area contributed by atoms with Crippen LogP contribution in [-0.2, 0) is 54.4 Å². The molecule has 0 unspecified atom stereocenters. The highest BCUT2D eigenvalue weighted by Gasteiger charge is 2.32. The van der Waals surface area contributed by atoms with Crippen molar-refractivity contribution in [3.05, 3.63) is 29.8 Å². The lowest BCUT2D eigenvalue weighted by Crippen LogP contribution is -2.54. The predicted molar refractivity (Wildman–Crippen MR) is 187 cm³/mol. The number of nitrogens with one attached hydrogen (secondary N) is 5. The van der Waals surface area contributed by atoms with Gasteiger partial charge in [-0.25, -0.2) is 0 Å². The Kier molecular flexibility index (Phi) is 17.7. The molecule has 284 valence electrons. The number of anilines is 1. The molecule has 0 radical (unpaired) electrons. The van der Waals surface area contributed by atoms with E-state index in [9.17, 15) is 33.6 Å². The highest BCUT2D eigenvalue weighted by atomic mass is 16.5. The molecule has 0 aliphatic carbocycles. The average molecular weight is 719 g/mol. The van der Waals surface area contributed by atoms with E-state index in [1.807, 2.05) is 32.9 Å². The first kappa shape index (κ1) is 42.8. The van der Waals surface area contributed by atoms with Gasteiger partial charge in [-0.15, -0.1) is 0 Å². The number of hydrogen-bond donors (Lipinski definition) is 5. The summed E-state index contributed by atoms with van der Waals surface area (Å²) in [4.78, 5) is 89.6. The quantitative estimate of drug-likeness (QED) is 0.0891. The van der Waals surface area contributed by atoms with E-state index in [0.29, 0.717) is 25.5 Å². The molecule has 16 nitrogen and oxygen atoms in total. The van der Waals surface area contributed by atoms with Gasteiger partial charge in [0.1, 0.15) is 24.7 Å². The first-order chi connectivity index (χ1) is 24.0. The second-order valence-corrected chi connectivity index (χ2v) is 13.5. The third kappa shape index (κ3) is 16.0. The number of imide groups is 1. The highest BCUT2D eigenvalue weighted by molar-refractivity contribution is 6.05. The third-order valence-electron chi connectivity index (χ3n) is 7.66. The van der Waals surface area contributed by atoms with Gasteiger partial charge in [0.2, 0.25) is 41.4 Å². The maximum atomic E-state index is 13.2. The Morgan fingerprint density at radius 2 is 1.47 bits per heavy atom. The zero-order valence-corrected chi connectivity index (χ0v) is 30.7. The van der Waals surface area contributed by atoms with Crippen LogP contribution in [0.4, 0.5) is 5.69 Å². The molecule has 1 aliphatic heterocycles. The van der Waals surface area contributed by atoms with Crippen molar-refractivity contribution in [2.75, 3.05) is 45.3 Å². The fourth-order valence-electron chi connectivity index (χ4n) is 4.72. The van der Waals surface area contributed by atoms with Crippen molar-refractivity contribution in [3.8, 4) is 0 Å². The molecule has 5 N–H and O–H groups in total. The number of nitrogens with zero attached hydrogens (tertiary/aromatic N) is 1. The van der Waals surface area contributed by atoms with Crippen LogP contribution in [0.25, 0.3) is 0 Å². The summed E-state index contributed by atoms with van der Waals surface area (Å²) >= 11 is 0. The van der Waals surface area contributed by atoms with Crippen molar-refractivity contribution >= 4 is 47.0 Å². The molecular formula is C35H54N6O10. The lowest BCUT2D eigenvalue weighted by Gasteiger charge is -2.24. The topological polar surface area (TPSA) is 211 Å². The molecule has 16 heteroatoms. The van der Waals surface area contributed by atoms with Gasteiger partial charge in [0.05, 0.1) is 32.0 Å². The van der Waals surface area contributed by atoms with Crippen LogP contribution >= 0.6 is 0 Å². The van der Waals surface area contributed by atoms with Gasteiger partial charge in [0.25, 0.3) is 0 Å². The minimum absolute atomic E-state index is 0.00924. The summed E-state index contributed by atoms with van der Waals surface area (Å²) in [7, 11) is 1.53. The maximum absolute atomic E-state index is 13.2. The van der Waals surface area contributed by atoms with Crippen molar-refractivity contribution < 1.29 is 47.8 Å². The number of amides is 7. The Balaban J connectivity index is 1.96. The minimum atomic E-state index is -1.19. The molecule has 1 fully saturated rings. The van der Waals surface area contributed by atoms with Crippen molar-refractivity contribution in [3.63, 3.8) is 0 Å². The molecule has 0 aromatic heterocycles. The number of benzene rings is 1. The normalized spacial score (nSPS) is 14.9. The Morgan fingerprint density at radius 3 is 2.06 bits per heavy atom. The van der Waals surface area contributed by atoms with Gasteiger partial charge in [-0.2, -0.15) is 0 Å². The molecule has 0 spiro atoms. The van der Waals surface area contributed by atoms with Crippen LogP contribution in [0.5, 0.6) is 0 Å². The van der Waals surface area contributed by atoms with E-state index in [4.69, 9.17) is 14.2 Å². The Morgan fingerprint density at radius 1 is 0.824 bits per heavy atom. The second kappa shape index (κ2) is 21.1. The molecular weight excluding hydrogens is 664 g/mol. The maximum Gasteiger partial charge on any atom is 0.246 e. The van der Waals surface area contributed by atoms with Crippen LogP contribution in [-0.4, -0.2) is 110 Å². The monoisotopic (exact) mass is 718 g/mol. The highest BCUT2D eigenvalue weighted by Crippen LogP contribution is 2.15. The summed E-state index contributed by atoms with van der Waals surface area (Å²) in [6.07, 6.45) is -0.388. The van der Waals surface area contributed by atoms with Gasteiger partial charge in [0.15, 0.2) is 0 Å². The van der Waals surface area contributed by atoms with Crippen molar-refractivity contribution in [1.29, 1.82) is 0 Å². The van der Waals surface area contributed by atoms with Gasteiger partial charge in [-0.05, 0) is 57.7 Å². The fraction of sp³-hybridized carbons (Fsp3) is 0.629. The summed E-state index contributed by atoms with van der Waals surface area (Å²) in [6.45, 7) is 11.7. The number of likely N-dealkylation sites (tertiary alicyclic amines) is 1. The molecule has 1 aliphatic rings. The molecule has 0 bridgehead atoms. The van der Waals surface area contributed by atoms with Gasteiger partial charge in [-0.1, -0.05) is 26.0 Å². The molecule has 2 rings (SSSR count). The lowest BCUT2D eigenvalue weighted by molar-refractivity contribution is -0.142. The summed E-state index contributed by atoms with van der Waals surface area (Å²) in [5.74, 6) is -4.27. The van der Waals surface area contributed by atoms with Crippen LogP contribution in [0, 0.1) is 5.92 Å². The number of carbonyl (C=O) groups is 7. The molecule has 3 atom stereocenters. The van der Waals surface area contributed by atoms with Gasteiger partial charge in [-0.3, -0.25) is 38.5 Å². The largest absolute Gasteiger partial charge is 0.382 e. The lowest BCUT2D eigenvalue weighted by atomic mass is 10.0. The van der Waals surface area contributed by atoms with E-state index in [2.05, 4.69) is 26.6 Å². The smallest absolute Gasteiger partial charge is 0.246 e. The molecule has 51 heavy (non-hydrogen) atoms.